The van der Waals surface area contributed by atoms with Crippen LogP contribution in [0.3, 0.4) is 0 Å². The lowest BCUT2D eigenvalue weighted by Gasteiger charge is -2.18. The highest BCUT2D eigenvalue weighted by atomic mass is 32.1. The van der Waals surface area contributed by atoms with Crippen molar-refractivity contribution in [1.82, 2.24) is 4.98 Å². The molecule has 0 radical (unpaired) electrons. The highest BCUT2D eigenvalue weighted by Gasteiger charge is 2.31. The van der Waals surface area contributed by atoms with Gasteiger partial charge in [-0.15, -0.1) is 11.3 Å². The van der Waals surface area contributed by atoms with Crippen molar-refractivity contribution in [2.24, 2.45) is 0 Å². The summed E-state index contributed by atoms with van der Waals surface area (Å²) in [4.78, 5) is 6.44. The Kier molecular flexibility index (Phi) is 3.86. The van der Waals surface area contributed by atoms with Crippen LogP contribution >= 0.6 is 11.3 Å². The second kappa shape index (κ2) is 6.18. The normalized spacial score (nSPS) is 14.4. The molecule has 4 rings (SSSR count). The number of rotatable bonds is 3. The maximum absolute atomic E-state index is 10.4. The van der Waals surface area contributed by atoms with Crippen molar-refractivity contribution < 1.29 is 5.11 Å². The van der Waals surface area contributed by atoms with Crippen LogP contribution in [0, 0.1) is 12.3 Å². The minimum absolute atomic E-state index is 0.193. The van der Waals surface area contributed by atoms with E-state index in [9.17, 15) is 5.11 Å². The number of nitrogens with one attached hydrogen (secondary N) is 1. The molecule has 0 aliphatic carbocycles. The van der Waals surface area contributed by atoms with Gasteiger partial charge in [0.05, 0.1) is 17.8 Å². The summed E-state index contributed by atoms with van der Waals surface area (Å²) >= 11 is 1.45. The number of aliphatic hydroxyl groups is 1. The van der Waals surface area contributed by atoms with Crippen LogP contribution in [0.1, 0.15) is 10.6 Å². The van der Waals surface area contributed by atoms with E-state index in [-0.39, 0.29) is 11.6 Å². The van der Waals surface area contributed by atoms with E-state index in [0.717, 1.165) is 16.9 Å². The summed E-state index contributed by atoms with van der Waals surface area (Å²) in [6, 6.07) is 17.9. The van der Waals surface area contributed by atoms with E-state index in [0.29, 0.717) is 17.1 Å². The summed E-state index contributed by atoms with van der Waals surface area (Å²) in [6.07, 6.45) is 0. The average Bonchev–Trinajstić information content (AvgIpc) is 3.21. The van der Waals surface area contributed by atoms with Gasteiger partial charge in [-0.25, -0.2) is 4.98 Å². The molecule has 4 nitrogen and oxygen atoms in total. The van der Waals surface area contributed by atoms with Gasteiger partial charge in [0.25, 0.3) is 0 Å². The molecule has 0 atom stereocenters. The first kappa shape index (κ1) is 15.6. The molecule has 1 aromatic heterocycles. The van der Waals surface area contributed by atoms with Crippen LogP contribution in [-0.2, 0) is 0 Å². The van der Waals surface area contributed by atoms with E-state index in [1.165, 1.54) is 16.9 Å². The largest absolute Gasteiger partial charge is 0.510 e. The summed E-state index contributed by atoms with van der Waals surface area (Å²) in [5.41, 5.74) is 4.52. The second-order valence-electron chi connectivity index (χ2n) is 6.00. The van der Waals surface area contributed by atoms with Gasteiger partial charge in [0, 0.05) is 16.6 Å². The van der Waals surface area contributed by atoms with Gasteiger partial charge in [0.15, 0.2) is 0 Å². The number of thiazole rings is 1. The molecule has 0 bridgehead atoms. The van der Waals surface area contributed by atoms with Gasteiger partial charge >= 0.3 is 0 Å². The quantitative estimate of drug-likeness (QED) is 0.709. The zero-order chi connectivity index (χ0) is 17.4. The zero-order valence-electron chi connectivity index (χ0n) is 13.7. The monoisotopic (exact) mass is 347 g/mol. The fourth-order valence-electron chi connectivity index (χ4n) is 2.88. The Morgan fingerprint density at radius 3 is 2.52 bits per heavy atom. The van der Waals surface area contributed by atoms with Gasteiger partial charge in [-0.2, -0.15) is 0 Å². The molecule has 0 unspecified atom stereocenters. The third-order valence-electron chi connectivity index (χ3n) is 4.24. The molecule has 124 valence electrons. The Labute approximate surface area is 150 Å². The number of aryl methyl sites for hydroxylation is 1. The van der Waals surface area contributed by atoms with Crippen LogP contribution in [0.2, 0.25) is 0 Å². The molecule has 2 aromatic carbocycles. The topological polar surface area (TPSA) is 60.2 Å². The Balaban J connectivity index is 1.65. The molecule has 2 N–H and O–H groups in total. The fraction of sp³-hybridized carbons (Fsp3) is 0.100. The Morgan fingerprint density at radius 1 is 1.08 bits per heavy atom. The minimum atomic E-state index is 0.193. The van der Waals surface area contributed by atoms with Crippen molar-refractivity contribution in [3.8, 4) is 11.3 Å². The standard InChI is InChI=1S/C20H17N3OS/c1-13-7-9-14(10-8-13)16-12-25-20(22-16)18-17(24)11-23(19(18)21)15-5-3-2-4-6-15/h2-10,12,21,24H,11H2,1H3. The van der Waals surface area contributed by atoms with Gasteiger partial charge in [-0.3, -0.25) is 5.41 Å². The first-order chi connectivity index (χ1) is 12.1. The third kappa shape index (κ3) is 2.83. The van der Waals surface area contributed by atoms with E-state index < -0.39 is 0 Å². The molecular weight excluding hydrogens is 330 g/mol. The van der Waals surface area contributed by atoms with Gasteiger partial charge in [0.2, 0.25) is 0 Å². The molecule has 3 aromatic rings. The number of hydrogen-bond donors (Lipinski definition) is 2. The Hall–Kier alpha value is -2.92. The van der Waals surface area contributed by atoms with Crippen molar-refractivity contribution in [2.75, 3.05) is 11.4 Å². The van der Waals surface area contributed by atoms with Crippen molar-refractivity contribution in [1.29, 1.82) is 5.41 Å². The van der Waals surface area contributed by atoms with Crippen molar-refractivity contribution >= 4 is 28.4 Å². The van der Waals surface area contributed by atoms with Crippen LogP contribution < -0.4 is 4.90 Å². The third-order valence-corrected chi connectivity index (χ3v) is 5.10. The molecule has 0 saturated carbocycles. The summed E-state index contributed by atoms with van der Waals surface area (Å²) in [5.74, 6) is 0.479. The predicted molar refractivity (Wildman–Crippen MR) is 103 cm³/mol. The van der Waals surface area contributed by atoms with Gasteiger partial charge in [-0.1, -0.05) is 48.0 Å². The van der Waals surface area contributed by atoms with E-state index in [4.69, 9.17) is 5.41 Å². The SMILES string of the molecule is Cc1ccc(-c2csc(C3=C(O)CN(c4ccccc4)C3=N)n2)cc1. The van der Waals surface area contributed by atoms with Crippen LogP contribution in [0.5, 0.6) is 0 Å². The second-order valence-corrected chi connectivity index (χ2v) is 6.85. The first-order valence-electron chi connectivity index (χ1n) is 8.00. The number of aliphatic hydroxyl groups excluding tert-OH is 1. The fourth-order valence-corrected chi connectivity index (χ4v) is 3.77. The summed E-state index contributed by atoms with van der Waals surface area (Å²) in [5, 5.41) is 21.6. The number of aromatic nitrogens is 1. The van der Waals surface area contributed by atoms with E-state index in [2.05, 4.69) is 24.0 Å². The van der Waals surface area contributed by atoms with Crippen LogP contribution in [-0.4, -0.2) is 22.5 Å². The zero-order valence-corrected chi connectivity index (χ0v) is 14.5. The van der Waals surface area contributed by atoms with Crippen molar-refractivity contribution in [3.63, 3.8) is 0 Å². The van der Waals surface area contributed by atoms with Crippen molar-refractivity contribution in [2.45, 2.75) is 6.92 Å². The molecule has 1 aliphatic rings. The lowest BCUT2D eigenvalue weighted by molar-refractivity contribution is 0.411. The number of amidine groups is 1. The number of nitrogens with zero attached hydrogens (tertiary/aromatic N) is 2. The molecule has 0 amide bonds. The maximum Gasteiger partial charge on any atom is 0.139 e. The molecular formula is C20H17N3OS. The molecule has 5 heteroatoms. The Morgan fingerprint density at radius 2 is 1.80 bits per heavy atom. The summed E-state index contributed by atoms with van der Waals surface area (Å²) in [6.45, 7) is 2.36. The number of hydrogen-bond acceptors (Lipinski definition) is 4. The lowest BCUT2D eigenvalue weighted by Crippen LogP contribution is -2.25. The maximum atomic E-state index is 10.4. The molecule has 0 fully saturated rings. The average molecular weight is 347 g/mol. The summed E-state index contributed by atoms with van der Waals surface area (Å²) in [7, 11) is 0. The van der Waals surface area contributed by atoms with E-state index in [1.54, 1.807) is 4.90 Å². The number of anilines is 1. The molecule has 2 heterocycles. The van der Waals surface area contributed by atoms with E-state index >= 15 is 0 Å². The van der Waals surface area contributed by atoms with Crippen molar-refractivity contribution in [3.05, 3.63) is 76.3 Å². The van der Waals surface area contributed by atoms with Crippen LogP contribution in [0.15, 0.2) is 65.7 Å². The van der Waals surface area contributed by atoms with Gasteiger partial charge in [0.1, 0.15) is 16.6 Å². The number of para-hydroxylation sites is 1. The van der Waals surface area contributed by atoms with Crippen LogP contribution in [0.4, 0.5) is 5.69 Å². The Bertz CT molecular complexity index is 958. The first-order valence-corrected chi connectivity index (χ1v) is 8.88. The van der Waals surface area contributed by atoms with Gasteiger partial charge < -0.3 is 10.0 Å². The lowest BCUT2D eigenvalue weighted by atomic mass is 10.1. The highest BCUT2D eigenvalue weighted by molar-refractivity contribution is 7.11. The molecule has 0 spiro atoms. The summed E-state index contributed by atoms with van der Waals surface area (Å²) < 4.78 is 0. The number of benzene rings is 2. The minimum Gasteiger partial charge on any atom is -0.510 e. The van der Waals surface area contributed by atoms with Crippen LogP contribution in [0.25, 0.3) is 16.8 Å². The molecule has 0 saturated heterocycles. The molecule has 25 heavy (non-hydrogen) atoms. The highest BCUT2D eigenvalue weighted by Crippen LogP contribution is 2.34. The predicted octanol–water partition coefficient (Wildman–Crippen LogP) is 4.89. The smallest absolute Gasteiger partial charge is 0.139 e. The van der Waals surface area contributed by atoms with Gasteiger partial charge in [-0.05, 0) is 19.1 Å². The molecule has 1 aliphatic heterocycles. The van der Waals surface area contributed by atoms with E-state index in [1.807, 2.05) is 47.8 Å².